The van der Waals surface area contributed by atoms with E-state index in [-0.39, 0.29) is 34.7 Å². The standard InChI is InChI=1S/C25H23BrN4O5S2/c1-3-34-22-13-17(12-19(26)24(22)35-37(32,33)18-10-8-16(2)9-11-18)14-27-30-23(31)15-36-25-28-20-6-4-5-7-21(20)29-25/h4-14H,3,15H2,1-2H3,(H,28,29)(H,30,31)/b27-14-. The Bertz CT molecular complexity index is 1520. The maximum Gasteiger partial charge on any atom is 0.339 e. The van der Waals surface area contributed by atoms with Crippen LogP contribution >= 0.6 is 27.7 Å². The van der Waals surface area contributed by atoms with Gasteiger partial charge in [0.1, 0.15) is 4.90 Å². The van der Waals surface area contributed by atoms with E-state index in [1.165, 1.54) is 30.1 Å². The molecule has 2 N–H and O–H groups in total. The monoisotopic (exact) mass is 602 g/mol. The average molecular weight is 604 g/mol. The molecular formula is C25H23BrN4O5S2. The SMILES string of the molecule is CCOc1cc(/C=N\NC(=O)CSc2nc3ccccc3[nH]2)cc(Br)c1OS(=O)(=O)c1ccc(C)cc1. The number of imidazole rings is 1. The summed E-state index contributed by atoms with van der Waals surface area (Å²) in [5.74, 6) is 0.0379. The molecule has 0 fully saturated rings. The number of para-hydroxylation sites is 2. The number of amides is 1. The number of hydrogen-bond acceptors (Lipinski definition) is 8. The van der Waals surface area contributed by atoms with E-state index >= 15 is 0 Å². The second-order valence-corrected chi connectivity index (χ2v) is 11.1. The van der Waals surface area contributed by atoms with E-state index in [1.807, 2.05) is 31.2 Å². The van der Waals surface area contributed by atoms with Crippen molar-refractivity contribution in [3.05, 3.63) is 76.3 Å². The number of nitrogens with zero attached hydrogens (tertiary/aromatic N) is 2. The molecule has 9 nitrogen and oxygen atoms in total. The molecule has 0 bridgehead atoms. The lowest BCUT2D eigenvalue weighted by molar-refractivity contribution is -0.118. The number of aryl methyl sites for hydroxylation is 1. The third kappa shape index (κ3) is 6.90. The summed E-state index contributed by atoms with van der Waals surface area (Å²) in [7, 11) is -4.08. The Morgan fingerprint density at radius 1 is 1.19 bits per heavy atom. The number of hydrazone groups is 1. The van der Waals surface area contributed by atoms with Crippen LogP contribution in [0.1, 0.15) is 18.1 Å². The molecule has 0 saturated heterocycles. The van der Waals surface area contributed by atoms with Crippen molar-refractivity contribution in [3.8, 4) is 11.5 Å². The minimum atomic E-state index is -4.08. The maximum atomic E-state index is 12.8. The summed E-state index contributed by atoms with van der Waals surface area (Å²) in [6, 6.07) is 17.2. The second-order valence-electron chi connectivity index (χ2n) is 7.75. The third-order valence-electron chi connectivity index (χ3n) is 4.94. The van der Waals surface area contributed by atoms with E-state index in [2.05, 4.69) is 36.4 Å². The molecule has 1 amide bonds. The number of halogens is 1. The largest absolute Gasteiger partial charge is 0.490 e. The zero-order valence-electron chi connectivity index (χ0n) is 19.9. The van der Waals surface area contributed by atoms with Crippen molar-refractivity contribution in [2.24, 2.45) is 5.10 Å². The number of H-pyrrole nitrogens is 1. The number of benzene rings is 3. The fraction of sp³-hybridized carbons (Fsp3) is 0.160. The number of carbonyl (C=O) groups excluding carboxylic acids is 1. The first-order chi connectivity index (χ1) is 17.7. The Balaban J connectivity index is 1.42. The first kappa shape index (κ1) is 26.7. The lowest BCUT2D eigenvalue weighted by Crippen LogP contribution is -2.19. The molecule has 1 aromatic heterocycles. The molecule has 4 rings (SSSR count). The Kier molecular flexibility index (Phi) is 8.52. The summed E-state index contributed by atoms with van der Waals surface area (Å²) in [4.78, 5) is 19.8. The second kappa shape index (κ2) is 11.8. The van der Waals surface area contributed by atoms with Gasteiger partial charge in [-0.2, -0.15) is 13.5 Å². The van der Waals surface area contributed by atoms with Crippen LogP contribution in [0.25, 0.3) is 11.0 Å². The molecule has 3 aromatic carbocycles. The predicted molar refractivity (Wildman–Crippen MR) is 147 cm³/mol. The molecule has 0 aliphatic heterocycles. The first-order valence-corrected chi connectivity index (χ1v) is 14.3. The van der Waals surface area contributed by atoms with Crippen LogP contribution in [0.5, 0.6) is 11.5 Å². The molecule has 192 valence electrons. The minimum Gasteiger partial charge on any atom is -0.490 e. The van der Waals surface area contributed by atoms with Gasteiger partial charge in [-0.1, -0.05) is 41.6 Å². The van der Waals surface area contributed by atoms with E-state index in [9.17, 15) is 13.2 Å². The van der Waals surface area contributed by atoms with Gasteiger partial charge in [-0.05, 0) is 71.7 Å². The molecule has 0 aliphatic rings. The highest BCUT2D eigenvalue weighted by atomic mass is 79.9. The molecular weight excluding hydrogens is 580 g/mol. The molecule has 0 aliphatic carbocycles. The summed E-state index contributed by atoms with van der Waals surface area (Å²) >= 11 is 4.62. The van der Waals surface area contributed by atoms with Crippen LogP contribution < -0.4 is 14.3 Å². The average Bonchev–Trinajstić information content (AvgIpc) is 3.28. The molecule has 0 unspecified atom stereocenters. The zero-order chi connectivity index (χ0) is 26.4. The molecule has 1 heterocycles. The van der Waals surface area contributed by atoms with Crippen LogP contribution in [0.3, 0.4) is 0 Å². The molecule has 4 aromatic rings. The Morgan fingerprint density at radius 3 is 2.68 bits per heavy atom. The predicted octanol–water partition coefficient (Wildman–Crippen LogP) is 5.04. The van der Waals surface area contributed by atoms with Crippen molar-refractivity contribution in [2.45, 2.75) is 23.9 Å². The van der Waals surface area contributed by atoms with E-state index in [0.29, 0.717) is 15.2 Å². The van der Waals surface area contributed by atoms with Crippen molar-refractivity contribution in [1.82, 2.24) is 15.4 Å². The smallest absolute Gasteiger partial charge is 0.339 e. The van der Waals surface area contributed by atoms with Gasteiger partial charge >= 0.3 is 10.1 Å². The topological polar surface area (TPSA) is 123 Å². The Labute approximate surface area is 226 Å². The number of aromatic amines is 1. The molecule has 12 heteroatoms. The van der Waals surface area contributed by atoms with Crippen LogP contribution in [-0.2, 0) is 14.9 Å². The zero-order valence-corrected chi connectivity index (χ0v) is 23.1. The van der Waals surface area contributed by atoms with Crippen molar-refractivity contribution < 1.29 is 22.1 Å². The van der Waals surface area contributed by atoms with Gasteiger partial charge in [0, 0.05) is 0 Å². The van der Waals surface area contributed by atoms with Gasteiger partial charge in [0.25, 0.3) is 5.91 Å². The maximum absolute atomic E-state index is 12.8. The van der Waals surface area contributed by atoms with Gasteiger partial charge < -0.3 is 13.9 Å². The van der Waals surface area contributed by atoms with Crippen LogP contribution in [0.2, 0.25) is 0 Å². The fourth-order valence-corrected chi connectivity index (χ4v) is 5.49. The number of fused-ring (bicyclic) bond motifs is 1. The summed E-state index contributed by atoms with van der Waals surface area (Å²) in [6.45, 7) is 3.92. The highest BCUT2D eigenvalue weighted by Gasteiger charge is 2.22. The number of aromatic nitrogens is 2. The third-order valence-corrected chi connectivity index (χ3v) is 7.64. The summed E-state index contributed by atoms with van der Waals surface area (Å²) in [5.41, 5.74) is 5.69. The number of carbonyl (C=O) groups is 1. The van der Waals surface area contributed by atoms with E-state index < -0.39 is 10.1 Å². The quantitative estimate of drug-likeness (QED) is 0.113. The molecule has 0 radical (unpaired) electrons. The summed E-state index contributed by atoms with van der Waals surface area (Å²) in [6.07, 6.45) is 1.43. The lowest BCUT2D eigenvalue weighted by atomic mass is 10.2. The van der Waals surface area contributed by atoms with Crippen molar-refractivity contribution >= 4 is 61.0 Å². The van der Waals surface area contributed by atoms with Gasteiger partial charge in [0.15, 0.2) is 16.7 Å². The van der Waals surface area contributed by atoms with E-state index in [1.54, 1.807) is 31.2 Å². The van der Waals surface area contributed by atoms with Crippen LogP contribution in [0.15, 0.2) is 80.3 Å². The van der Waals surface area contributed by atoms with E-state index in [4.69, 9.17) is 8.92 Å². The van der Waals surface area contributed by atoms with Gasteiger partial charge in [-0.15, -0.1) is 0 Å². The molecule has 0 saturated carbocycles. The van der Waals surface area contributed by atoms with E-state index in [0.717, 1.165) is 16.6 Å². The number of hydrogen-bond donors (Lipinski definition) is 2. The minimum absolute atomic E-state index is 0.0193. The number of rotatable bonds is 10. The highest BCUT2D eigenvalue weighted by molar-refractivity contribution is 9.10. The normalized spacial score (nSPS) is 11.6. The van der Waals surface area contributed by atoms with Gasteiger partial charge in [-0.25, -0.2) is 10.4 Å². The van der Waals surface area contributed by atoms with Gasteiger partial charge in [-0.3, -0.25) is 4.79 Å². The summed E-state index contributed by atoms with van der Waals surface area (Å²) < 4.78 is 37.0. The number of thioether (sulfide) groups is 1. The molecule has 37 heavy (non-hydrogen) atoms. The Morgan fingerprint density at radius 2 is 1.95 bits per heavy atom. The fourth-order valence-electron chi connectivity index (χ4n) is 3.21. The van der Waals surface area contributed by atoms with Crippen molar-refractivity contribution in [2.75, 3.05) is 12.4 Å². The van der Waals surface area contributed by atoms with Crippen molar-refractivity contribution in [1.29, 1.82) is 0 Å². The van der Waals surface area contributed by atoms with Crippen molar-refractivity contribution in [3.63, 3.8) is 0 Å². The molecule has 0 spiro atoms. The van der Waals surface area contributed by atoms with Crippen LogP contribution in [-0.4, -0.2) is 42.9 Å². The van der Waals surface area contributed by atoms with Gasteiger partial charge in [0.2, 0.25) is 0 Å². The summed E-state index contributed by atoms with van der Waals surface area (Å²) in [5, 5.41) is 4.64. The Hall–Kier alpha value is -3.35. The highest BCUT2D eigenvalue weighted by Crippen LogP contribution is 2.38. The first-order valence-electron chi connectivity index (χ1n) is 11.1. The van der Waals surface area contributed by atoms with Gasteiger partial charge in [0.05, 0.1) is 34.1 Å². The number of nitrogens with one attached hydrogen (secondary N) is 2. The molecule has 0 atom stereocenters. The van der Waals surface area contributed by atoms with Crippen LogP contribution in [0, 0.1) is 6.92 Å². The lowest BCUT2D eigenvalue weighted by Gasteiger charge is -2.14. The number of ether oxygens (including phenoxy) is 1. The van der Waals surface area contributed by atoms with Crippen LogP contribution in [0.4, 0.5) is 0 Å².